The first-order valence-corrected chi connectivity index (χ1v) is 48.3. The minimum Gasteiger partial charge on any atom is -0.508 e. The molecule has 0 bridgehead atoms. The van der Waals surface area contributed by atoms with E-state index in [4.69, 9.17) is 30.8 Å². The lowest BCUT2D eigenvalue weighted by molar-refractivity contribution is 0.321. The molecular formula is C122H136F5N7O14. The minimum absolute atomic E-state index is 0.0188. The molecule has 0 amide bonds. The number of likely N-dealkylation sites (N-methyl/N-ethyl adjacent to an activating group) is 1. The fourth-order valence-electron chi connectivity index (χ4n) is 15.6. The number of pyridine rings is 3. The summed E-state index contributed by atoms with van der Waals surface area (Å²) in [5, 5.41) is 79.8. The highest BCUT2D eigenvalue weighted by Crippen LogP contribution is 2.42. The van der Waals surface area contributed by atoms with E-state index in [1.54, 1.807) is 94.3 Å². The molecule has 0 saturated carbocycles. The molecule has 0 fully saturated rings. The first-order chi connectivity index (χ1) is 70.8. The normalized spacial score (nSPS) is 12.2. The maximum Gasteiger partial charge on any atom is 0.255 e. The largest absolute Gasteiger partial charge is 0.508 e. The zero-order valence-electron chi connectivity index (χ0n) is 90.3. The molecule has 21 nitrogen and oxygen atoms in total. The smallest absolute Gasteiger partial charge is 0.255 e. The van der Waals surface area contributed by atoms with E-state index in [2.05, 4.69) is 79.6 Å². The number of phenolic OH excluding ortho intramolecular Hbond substituents is 8. The second-order valence-corrected chi connectivity index (χ2v) is 37.5. The Kier molecular flexibility index (Phi) is 40.7. The number of hydrogen-bond donors (Lipinski definition) is 8. The summed E-state index contributed by atoms with van der Waals surface area (Å²) in [5.74, 6) is 4.19. The number of benzene rings is 10. The van der Waals surface area contributed by atoms with E-state index >= 15 is 0 Å². The van der Waals surface area contributed by atoms with Crippen molar-refractivity contribution in [2.24, 2.45) is 4.99 Å². The number of nitrogens with zero attached hydrogens (tertiary/aromatic N) is 7. The molecule has 14 aromatic rings. The van der Waals surface area contributed by atoms with Gasteiger partial charge in [-0.15, -0.1) is 0 Å². The van der Waals surface area contributed by atoms with Crippen molar-refractivity contribution in [2.75, 3.05) is 49.1 Å². The Morgan fingerprint density at radius 3 is 1.21 bits per heavy atom. The molecule has 6 heterocycles. The molecular weight excluding hydrogens is 1880 g/mol. The van der Waals surface area contributed by atoms with Crippen molar-refractivity contribution in [3.05, 3.63) is 371 Å². The molecule has 8 N–H and O–H groups in total. The summed E-state index contributed by atoms with van der Waals surface area (Å²) in [6.07, 6.45) is 15.8. The second-order valence-electron chi connectivity index (χ2n) is 37.5. The van der Waals surface area contributed by atoms with Gasteiger partial charge in [-0.05, 0) is 259 Å². The molecule has 10 aromatic carbocycles. The van der Waals surface area contributed by atoms with Crippen LogP contribution in [0.2, 0.25) is 0 Å². The van der Waals surface area contributed by atoms with Crippen LogP contribution < -0.4 is 23.7 Å². The molecule has 0 spiro atoms. The molecule has 778 valence electrons. The number of oxazole rings is 1. The first-order valence-electron chi connectivity index (χ1n) is 49.3. The first kappa shape index (κ1) is 112. The molecule has 148 heavy (non-hydrogen) atoms. The third-order valence-electron chi connectivity index (χ3n) is 24.1. The summed E-state index contributed by atoms with van der Waals surface area (Å²) < 4.78 is 114. The highest BCUT2D eigenvalue weighted by Gasteiger charge is 2.23. The fourth-order valence-corrected chi connectivity index (χ4v) is 15.6. The van der Waals surface area contributed by atoms with Crippen LogP contribution in [0, 0.1) is 36.3 Å². The second kappa shape index (κ2) is 53.6. The average molecular weight is 2020 g/mol. The zero-order chi connectivity index (χ0) is 111. The maximum absolute atomic E-state index is 14.3. The van der Waals surface area contributed by atoms with E-state index < -0.39 is 30.1 Å². The Bertz CT molecular complexity index is 6960. The van der Waals surface area contributed by atoms with Gasteiger partial charge in [0, 0.05) is 97.0 Å². The van der Waals surface area contributed by atoms with Gasteiger partial charge in [0.2, 0.25) is 11.8 Å². The van der Waals surface area contributed by atoms with E-state index in [1.807, 2.05) is 227 Å². The molecule has 0 radical (unpaired) electrons. The molecule has 26 heteroatoms. The van der Waals surface area contributed by atoms with E-state index in [9.17, 15) is 62.8 Å². The number of aryl methyl sites for hydroxylation is 1. The molecule has 0 aliphatic carbocycles. The van der Waals surface area contributed by atoms with Crippen LogP contribution >= 0.6 is 0 Å². The molecule has 2 aliphatic heterocycles. The predicted molar refractivity (Wildman–Crippen MR) is 582 cm³/mol. The maximum atomic E-state index is 14.3. The van der Waals surface area contributed by atoms with Crippen LogP contribution in [0.1, 0.15) is 229 Å². The van der Waals surface area contributed by atoms with Crippen LogP contribution in [0.15, 0.2) is 290 Å². The van der Waals surface area contributed by atoms with Crippen molar-refractivity contribution in [1.29, 1.82) is 0 Å². The highest BCUT2D eigenvalue weighted by atomic mass is 19.1. The van der Waals surface area contributed by atoms with Gasteiger partial charge in [-0.1, -0.05) is 215 Å². The Labute approximate surface area is 868 Å². The standard InChI is InChI=1S/C16H17F2NO2.C16H18FNO.C16H17FO2.C16H18O2.C15H16FNO2.C15H18N2O.C15H17NO2.C13H15NO2/c1-4-21-16-6-10(5-15(18)19-16)12-8-14(20)11(9(2)3)7-13(12)17;1-10(2)13-8-15(17)14(9-16(13)19)12-5-6-18(4)11(3)7-12;1-10(2)13-6-4-11(8-15(13)18)12-5-7-14(17)16(9-12)19-3;1-11(2)15-8-7-13(10-16(15)17)12-5-4-6-14(9-12)18-3;1-9(2)12-5-4-10(6-13(12)18)11-7-14(19-3)15(16)17-8-11;1-10(2)13-6-5-12(9-15(13)18)14-7-8-17(4)11(3)16-14;1-10(2)14-5-4-11(7-15(14)17)12-6-13(18-3)9-16-8-12;1-8(2)11-5-4-10(6-12(11)15)13-7-14-9(3)16-13/h5-9,20H,4H2,1-3H3;5-10,19H,3H2,1-2,4H3;4-10,18H,1-3H3;4-11,17H,1-3H3;4-9,18H,1-3H3;5-10,18H,3H2,1-2,4H3;4-10,17H,1-3H3;4-8,15H,1-3H3/i4D2;;;;;;;. The number of aromatic nitrogens is 4. The Hall–Kier alpha value is -16.1. The van der Waals surface area contributed by atoms with Crippen LogP contribution in [-0.2, 0) is 0 Å². The van der Waals surface area contributed by atoms with Crippen LogP contribution in [0.4, 0.5) is 22.0 Å². The number of ether oxygens (including phenoxy) is 5. The van der Waals surface area contributed by atoms with Crippen LogP contribution in [0.5, 0.6) is 74.9 Å². The lowest BCUT2D eigenvalue weighted by Crippen LogP contribution is -2.15. The van der Waals surface area contributed by atoms with Crippen molar-refractivity contribution < 1.29 is 93.6 Å². The van der Waals surface area contributed by atoms with Gasteiger partial charge in [0.05, 0.1) is 55.8 Å². The topological polar surface area (TPSA) is 292 Å². The van der Waals surface area contributed by atoms with Crippen LogP contribution in [-0.4, -0.2) is 125 Å². The number of halogens is 5. The molecule has 0 unspecified atom stereocenters. The number of methoxy groups -OCH3 is 4. The fraction of sp³-hybridized carbons (Fsp3) is 0.270. The minimum atomic E-state index is -2.06. The summed E-state index contributed by atoms with van der Waals surface area (Å²) in [4.78, 5) is 23.3. The zero-order valence-corrected chi connectivity index (χ0v) is 88.3. The summed E-state index contributed by atoms with van der Waals surface area (Å²) in [5.41, 5.74) is 18.2. The monoisotopic (exact) mass is 2020 g/mol. The quantitative estimate of drug-likeness (QED) is 0.0231. The average Bonchev–Trinajstić information content (AvgIpc) is 0.867. The lowest BCUT2D eigenvalue weighted by Gasteiger charge is -2.20. The number of allylic oxidation sites excluding steroid dienone is 4. The third kappa shape index (κ3) is 31.5. The highest BCUT2D eigenvalue weighted by molar-refractivity contribution is 6.10. The van der Waals surface area contributed by atoms with Crippen molar-refractivity contribution in [1.82, 2.24) is 29.7 Å². The summed E-state index contributed by atoms with van der Waals surface area (Å²) in [6.45, 7) is 40.6. The van der Waals surface area contributed by atoms with Gasteiger partial charge in [-0.2, -0.15) is 13.8 Å². The SMILES string of the molecule is C=C1C=C(c2cc(O)c(C(C)C)cc2F)C=CN1C.C=C1N=C(c2ccc(C(C)C)c(O)c2)C=CN1C.COc1cc(-c2ccc(C(C)C)c(O)c2)ccc1F.COc1cc(-c2ccc(C(C)C)c(O)c2)cnc1F.COc1cccc(-c2ccc(C(C)C)c(O)c2)c1.COc1cncc(-c2ccc(C(C)C)c(O)c2)c1.Cc1ncc(-c2ccc(C(C)C)c(O)c2)o1.[2H]C([2H])(C)Oc1cc(-c2cc(O)c(C(C)C)cc2F)cc(F)n1. The number of rotatable bonds is 22. The summed E-state index contributed by atoms with van der Waals surface area (Å²) in [6, 6.07) is 57.2. The van der Waals surface area contributed by atoms with Gasteiger partial charge in [0.15, 0.2) is 29.0 Å². The lowest BCUT2D eigenvalue weighted by atomic mass is 9.95. The molecule has 2 aliphatic rings. The van der Waals surface area contributed by atoms with Gasteiger partial charge in [0.25, 0.3) is 5.95 Å². The number of aromatic hydroxyl groups is 8. The molecule has 0 saturated heterocycles. The van der Waals surface area contributed by atoms with Crippen molar-refractivity contribution in [2.45, 2.75) is 172 Å². The predicted octanol–water partition coefficient (Wildman–Crippen LogP) is 30.8. The van der Waals surface area contributed by atoms with Crippen molar-refractivity contribution in [3.63, 3.8) is 0 Å². The molecule has 4 aromatic heterocycles. The van der Waals surface area contributed by atoms with Gasteiger partial charge < -0.3 is 78.8 Å². The molecule has 0 atom stereocenters. The van der Waals surface area contributed by atoms with Crippen molar-refractivity contribution >= 4 is 11.3 Å². The van der Waals surface area contributed by atoms with E-state index in [1.165, 1.54) is 56.8 Å². The van der Waals surface area contributed by atoms with Crippen LogP contribution in [0.3, 0.4) is 0 Å². The number of phenols is 8. The Balaban J connectivity index is 0.000000190. The van der Waals surface area contributed by atoms with Gasteiger partial charge in [-0.25, -0.2) is 28.1 Å². The van der Waals surface area contributed by atoms with E-state index in [0.717, 1.165) is 114 Å². The Morgan fingerprint density at radius 2 is 0.770 bits per heavy atom. The summed E-state index contributed by atoms with van der Waals surface area (Å²) in [7, 11) is 9.86. The Morgan fingerprint density at radius 1 is 0.372 bits per heavy atom. The van der Waals surface area contributed by atoms with E-state index in [0.29, 0.717) is 97.7 Å². The number of aliphatic imine (C=N–C) groups is 1. The van der Waals surface area contributed by atoms with Gasteiger partial charge in [0.1, 0.15) is 75.0 Å². The van der Waals surface area contributed by atoms with E-state index in [-0.39, 0.29) is 81.0 Å². The number of hydrogen-bond acceptors (Lipinski definition) is 21. The third-order valence-corrected chi connectivity index (χ3v) is 24.1. The van der Waals surface area contributed by atoms with Crippen LogP contribution in [0.25, 0.3) is 72.5 Å². The van der Waals surface area contributed by atoms with Gasteiger partial charge in [-0.3, -0.25) is 4.98 Å². The summed E-state index contributed by atoms with van der Waals surface area (Å²) >= 11 is 0. The van der Waals surface area contributed by atoms with Crippen molar-refractivity contribution in [3.8, 4) is 142 Å². The molecule has 16 rings (SSSR count). The van der Waals surface area contributed by atoms with Gasteiger partial charge >= 0.3 is 0 Å².